The standard InChI is InChI=1S/C22H30O2S.C21H34O/c1-13-9-17(23)15(21(3,4)5)11-19(13)25-20-12-16(22(6,7)8)18(24)10-14(20)2;1-14-8-10-15(11-9-14)16-12-17(20(2,3)4)19(22)18(13-16)21(5,6)7/h9-12,23-24H,1-8H3;12-15,22H,8-11H2,1-7H3. The first-order chi connectivity index (χ1) is 21.3. The van der Waals surface area contributed by atoms with Crippen LogP contribution in [0.4, 0.5) is 0 Å². The third-order valence-corrected chi connectivity index (χ3v) is 11.0. The van der Waals surface area contributed by atoms with Crippen LogP contribution in [0.25, 0.3) is 0 Å². The second-order valence-electron chi connectivity index (χ2n) is 18.3. The van der Waals surface area contributed by atoms with Crippen molar-refractivity contribution >= 4 is 11.8 Å². The number of rotatable bonds is 3. The van der Waals surface area contributed by atoms with Gasteiger partial charge in [-0.05, 0) is 112 Å². The number of phenols is 3. The number of hydrogen-bond donors (Lipinski definition) is 3. The molecule has 4 heteroatoms. The lowest BCUT2D eigenvalue weighted by molar-refractivity contribution is 0.346. The Morgan fingerprint density at radius 2 is 0.851 bits per heavy atom. The molecule has 1 fully saturated rings. The zero-order chi connectivity index (χ0) is 35.9. The van der Waals surface area contributed by atoms with Crippen LogP contribution in [0.3, 0.4) is 0 Å². The van der Waals surface area contributed by atoms with Gasteiger partial charge < -0.3 is 15.3 Å². The lowest BCUT2D eigenvalue weighted by Crippen LogP contribution is -2.19. The molecule has 0 bridgehead atoms. The van der Waals surface area contributed by atoms with Gasteiger partial charge in [0.1, 0.15) is 17.2 Å². The lowest BCUT2D eigenvalue weighted by atomic mass is 9.74. The molecule has 0 atom stereocenters. The molecule has 0 unspecified atom stereocenters. The van der Waals surface area contributed by atoms with Gasteiger partial charge in [-0.15, -0.1) is 0 Å². The first-order valence-electron chi connectivity index (χ1n) is 17.5. The molecule has 3 nitrogen and oxygen atoms in total. The summed E-state index contributed by atoms with van der Waals surface area (Å²) < 4.78 is 0. The van der Waals surface area contributed by atoms with Gasteiger partial charge in [-0.2, -0.15) is 0 Å². The van der Waals surface area contributed by atoms with E-state index in [9.17, 15) is 15.3 Å². The Morgan fingerprint density at radius 3 is 1.17 bits per heavy atom. The molecule has 3 N–H and O–H groups in total. The van der Waals surface area contributed by atoms with E-state index in [1.807, 2.05) is 26.0 Å². The van der Waals surface area contributed by atoms with Crippen molar-refractivity contribution in [1.82, 2.24) is 0 Å². The van der Waals surface area contributed by atoms with Gasteiger partial charge in [0.2, 0.25) is 0 Å². The molecule has 0 amide bonds. The quantitative estimate of drug-likeness (QED) is 0.262. The highest BCUT2D eigenvalue weighted by Gasteiger charge is 2.29. The molecule has 3 aromatic rings. The maximum Gasteiger partial charge on any atom is 0.123 e. The van der Waals surface area contributed by atoms with E-state index in [4.69, 9.17) is 0 Å². The van der Waals surface area contributed by atoms with Crippen molar-refractivity contribution in [2.75, 3.05) is 0 Å². The number of hydrogen-bond acceptors (Lipinski definition) is 4. The van der Waals surface area contributed by atoms with Crippen LogP contribution in [0, 0.1) is 19.8 Å². The fourth-order valence-electron chi connectivity index (χ4n) is 6.51. The first kappa shape index (κ1) is 38.9. The lowest BCUT2D eigenvalue weighted by Gasteiger charge is -2.32. The Hall–Kier alpha value is -2.59. The highest BCUT2D eigenvalue weighted by molar-refractivity contribution is 7.99. The van der Waals surface area contributed by atoms with E-state index in [1.54, 1.807) is 11.8 Å². The Morgan fingerprint density at radius 1 is 0.511 bits per heavy atom. The van der Waals surface area contributed by atoms with E-state index in [0.29, 0.717) is 23.2 Å². The van der Waals surface area contributed by atoms with E-state index in [-0.39, 0.29) is 21.7 Å². The van der Waals surface area contributed by atoms with E-state index in [1.165, 1.54) is 31.2 Å². The van der Waals surface area contributed by atoms with Crippen LogP contribution < -0.4 is 0 Å². The molecule has 4 rings (SSSR count). The van der Waals surface area contributed by atoms with Crippen molar-refractivity contribution < 1.29 is 15.3 Å². The van der Waals surface area contributed by atoms with Crippen LogP contribution in [0.15, 0.2) is 46.2 Å². The number of phenolic OH excluding ortho intramolecular Hbond substituents is 3. The molecule has 1 aliphatic carbocycles. The molecule has 1 saturated carbocycles. The summed E-state index contributed by atoms with van der Waals surface area (Å²) in [5.41, 5.74) is 7.38. The van der Waals surface area contributed by atoms with E-state index in [2.05, 4.69) is 114 Å². The third kappa shape index (κ3) is 9.74. The molecule has 0 aliphatic heterocycles. The monoisotopic (exact) mass is 660 g/mol. The molecule has 0 radical (unpaired) electrons. The fraction of sp³-hybridized carbons (Fsp3) is 0.581. The highest BCUT2D eigenvalue weighted by atomic mass is 32.2. The molecule has 1 aliphatic rings. The van der Waals surface area contributed by atoms with E-state index in [0.717, 1.165) is 49.1 Å². The Kier molecular flexibility index (Phi) is 11.7. The topological polar surface area (TPSA) is 60.7 Å². The van der Waals surface area contributed by atoms with E-state index < -0.39 is 0 Å². The van der Waals surface area contributed by atoms with Crippen molar-refractivity contribution in [2.24, 2.45) is 5.92 Å². The summed E-state index contributed by atoms with van der Waals surface area (Å²) in [5, 5.41) is 31.5. The number of benzene rings is 3. The van der Waals surface area contributed by atoms with Crippen molar-refractivity contribution in [3.63, 3.8) is 0 Å². The molecule has 3 aromatic carbocycles. The summed E-state index contributed by atoms with van der Waals surface area (Å²) in [6, 6.07) is 12.5. The van der Waals surface area contributed by atoms with Crippen LogP contribution >= 0.6 is 11.8 Å². The maximum absolute atomic E-state index is 10.8. The second-order valence-corrected chi connectivity index (χ2v) is 19.4. The van der Waals surface area contributed by atoms with Gasteiger partial charge in [-0.3, -0.25) is 0 Å². The van der Waals surface area contributed by atoms with Crippen LogP contribution in [-0.2, 0) is 21.7 Å². The molecule has 0 spiro atoms. The molecule has 0 heterocycles. The smallest absolute Gasteiger partial charge is 0.123 e. The number of aryl methyl sites for hydroxylation is 2. The number of aromatic hydroxyl groups is 3. The van der Waals surface area contributed by atoms with Gasteiger partial charge in [-0.25, -0.2) is 0 Å². The maximum atomic E-state index is 10.8. The highest BCUT2D eigenvalue weighted by Crippen LogP contribution is 2.45. The minimum atomic E-state index is -0.117. The van der Waals surface area contributed by atoms with Gasteiger partial charge in [0.15, 0.2) is 0 Å². The van der Waals surface area contributed by atoms with Crippen molar-refractivity contribution in [3.8, 4) is 17.2 Å². The first-order valence-corrected chi connectivity index (χ1v) is 18.4. The van der Waals surface area contributed by atoms with Crippen LogP contribution in [-0.4, -0.2) is 15.3 Å². The SMILES string of the molecule is CC1CCC(c2cc(C(C)(C)C)c(O)c(C(C)(C)C)c2)CC1.Cc1cc(O)c(C(C)(C)C)cc1Sc1cc(C(C)(C)C)c(O)cc1C. The normalized spacial score (nSPS) is 17.7. The van der Waals surface area contributed by atoms with Gasteiger partial charge in [0, 0.05) is 20.9 Å². The summed E-state index contributed by atoms with van der Waals surface area (Å²) >= 11 is 1.70. The zero-order valence-electron chi connectivity index (χ0n) is 32.2. The van der Waals surface area contributed by atoms with Crippen LogP contribution in [0.1, 0.15) is 161 Å². The summed E-state index contributed by atoms with van der Waals surface area (Å²) in [7, 11) is 0. The molecule has 0 saturated heterocycles. The molecular formula is C43H64O3S. The summed E-state index contributed by atoms with van der Waals surface area (Å²) in [5.74, 6) is 2.75. The fourth-order valence-corrected chi connectivity index (χ4v) is 7.55. The largest absolute Gasteiger partial charge is 0.508 e. The molecule has 0 aromatic heterocycles. The summed E-state index contributed by atoms with van der Waals surface area (Å²) in [4.78, 5) is 2.27. The van der Waals surface area contributed by atoms with Crippen LogP contribution in [0.2, 0.25) is 0 Å². The van der Waals surface area contributed by atoms with Gasteiger partial charge >= 0.3 is 0 Å². The summed E-state index contributed by atoms with van der Waals surface area (Å²) in [6.07, 6.45) is 5.25. The predicted octanol–water partition coefficient (Wildman–Crippen LogP) is 12.7. The Labute approximate surface area is 291 Å². The molecular weight excluding hydrogens is 597 g/mol. The minimum absolute atomic E-state index is 0.0257. The average molecular weight is 661 g/mol. The van der Waals surface area contributed by atoms with Crippen molar-refractivity contribution in [1.29, 1.82) is 0 Å². The van der Waals surface area contributed by atoms with Gasteiger partial charge in [0.05, 0.1) is 0 Å². The van der Waals surface area contributed by atoms with Gasteiger partial charge in [0.25, 0.3) is 0 Å². The predicted molar refractivity (Wildman–Crippen MR) is 203 cm³/mol. The third-order valence-electron chi connectivity index (χ3n) is 9.66. The summed E-state index contributed by atoms with van der Waals surface area (Å²) in [6.45, 7) is 32.2. The van der Waals surface area contributed by atoms with Crippen molar-refractivity contribution in [2.45, 2.75) is 167 Å². The Bertz CT molecular complexity index is 1440. The minimum Gasteiger partial charge on any atom is -0.508 e. The van der Waals surface area contributed by atoms with E-state index >= 15 is 0 Å². The van der Waals surface area contributed by atoms with Gasteiger partial charge in [-0.1, -0.05) is 127 Å². The Balaban J connectivity index is 0.000000257. The molecule has 260 valence electrons. The van der Waals surface area contributed by atoms with Crippen LogP contribution in [0.5, 0.6) is 17.2 Å². The average Bonchev–Trinajstić information content (AvgIpc) is 2.89. The zero-order valence-corrected chi connectivity index (χ0v) is 33.0. The second kappa shape index (κ2) is 14.1. The molecule has 47 heavy (non-hydrogen) atoms. The van der Waals surface area contributed by atoms with Crippen molar-refractivity contribution in [3.05, 3.63) is 75.3 Å².